The largest absolute Gasteiger partial charge is 0.481 e. The molecule has 38 heavy (non-hydrogen) atoms. The fourth-order valence-electron chi connectivity index (χ4n) is 7.84. The number of rotatable bonds is 7. The summed E-state index contributed by atoms with van der Waals surface area (Å²) >= 11 is 0. The van der Waals surface area contributed by atoms with Gasteiger partial charge in [0.05, 0.1) is 12.8 Å². The number of alkyl halides is 1. The van der Waals surface area contributed by atoms with Gasteiger partial charge in [0.2, 0.25) is 5.78 Å². The van der Waals surface area contributed by atoms with Gasteiger partial charge in [-0.15, -0.1) is 0 Å². The molecule has 0 saturated heterocycles. The molecular weight excluding hydrogens is 499 g/mol. The quantitative estimate of drug-likeness (QED) is 0.372. The summed E-state index contributed by atoms with van der Waals surface area (Å²) in [5, 5.41) is 21.0. The Morgan fingerprint density at radius 2 is 1.84 bits per heavy atom. The van der Waals surface area contributed by atoms with Crippen LogP contribution in [0.5, 0.6) is 0 Å². The SMILES string of the molecule is CC(=O)OCC(=O)[C@@]1(O)[C@H](C)C[C@H]2[C@@H]3CC=C4CC(=O)C=C[C@]4(C)[C@]3(F)[C@H](OC(=O)CCC(=O)O)C[C@@]21C. The van der Waals surface area contributed by atoms with Gasteiger partial charge in [-0.25, -0.2) is 4.39 Å². The fourth-order valence-corrected chi connectivity index (χ4v) is 7.84. The fraction of sp³-hybridized carbons (Fsp3) is 0.679. The summed E-state index contributed by atoms with van der Waals surface area (Å²) in [5.74, 6) is -5.52. The minimum atomic E-state index is -2.18. The van der Waals surface area contributed by atoms with Crippen molar-refractivity contribution >= 4 is 29.5 Å². The van der Waals surface area contributed by atoms with Crippen LogP contribution in [0.2, 0.25) is 0 Å². The van der Waals surface area contributed by atoms with Crippen molar-refractivity contribution in [1.82, 2.24) is 0 Å². The molecule has 2 fully saturated rings. The van der Waals surface area contributed by atoms with Gasteiger partial charge in [0.15, 0.2) is 18.1 Å². The monoisotopic (exact) mass is 534 g/mol. The lowest BCUT2D eigenvalue weighted by Gasteiger charge is -2.62. The van der Waals surface area contributed by atoms with Crippen molar-refractivity contribution in [2.24, 2.45) is 28.6 Å². The van der Waals surface area contributed by atoms with Gasteiger partial charge < -0.3 is 19.7 Å². The molecule has 2 N–H and O–H groups in total. The van der Waals surface area contributed by atoms with Gasteiger partial charge in [-0.05, 0) is 44.1 Å². The number of ketones is 2. The number of esters is 2. The van der Waals surface area contributed by atoms with Crippen LogP contribution in [0.25, 0.3) is 0 Å². The van der Waals surface area contributed by atoms with E-state index in [-0.39, 0.29) is 25.0 Å². The minimum Gasteiger partial charge on any atom is -0.481 e. The molecule has 208 valence electrons. The smallest absolute Gasteiger partial charge is 0.306 e. The van der Waals surface area contributed by atoms with Gasteiger partial charge in [0.1, 0.15) is 11.7 Å². The first-order valence-electron chi connectivity index (χ1n) is 13.0. The number of aliphatic carboxylic acids is 1. The van der Waals surface area contributed by atoms with Crippen LogP contribution in [-0.2, 0) is 33.4 Å². The third kappa shape index (κ3) is 3.94. The Kier molecular flexibility index (Phi) is 6.96. The molecule has 0 aromatic carbocycles. The molecule has 0 amide bonds. The molecule has 2 saturated carbocycles. The highest BCUT2D eigenvalue weighted by molar-refractivity contribution is 5.94. The van der Waals surface area contributed by atoms with E-state index in [2.05, 4.69) is 0 Å². The summed E-state index contributed by atoms with van der Waals surface area (Å²) < 4.78 is 28.5. The van der Waals surface area contributed by atoms with E-state index < -0.39 is 89.1 Å². The van der Waals surface area contributed by atoms with Crippen LogP contribution in [0, 0.1) is 28.6 Å². The number of hydrogen-bond donors (Lipinski definition) is 2. The summed E-state index contributed by atoms with van der Waals surface area (Å²) in [7, 11) is 0. The number of hydrogen-bond acceptors (Lipinski definition) is 8. The van der Waals surface area contributed by atoms with E-state index in [1.807, 2.05) is 6.08 Å². The molecule has 0 bridgehead atoms. The predicted octanol–water partition coefficient (Wildman–Crippen LogP) is 2.88. The molecule has 0 radical (unpaired) electrons. The standard InChI is InChI=1S/C28H35FO9/c1-15-11-20-19-6-5-17-12-18(31)9-10-25(17,3)27(19,29)22(38-24(35)8-7-23(33)34)13-26(20,4)28(15,36)21(32)14-37-16(2)30/h5,9-10,15,19-20,22,36H,6-8,11-14H2,1-4H3,(H,33,34)/t15-,19+,20+,22-,25+,26+,27-,28+/m1/s1. The normalized spacial score (nSPS) is 41.3. The number of carbonyl (C=O) groups is 5. The molecule has 10 heteroatoms. The first kappa shape index (κ1) is 28.1. The zero-order valence-corrected chi connectivity index (χ0v) is 22.1. The van der Waals surface area contributed by atoms with Gasteiger partial charge in [-0.3, -0.25) is 24.0 Å². The number of carboxylic acid groups (broad SMARTS) is 1. The van der Waals surface area contributed by atoms with Crippen LogP contribution in [0.1, 0.15) is 66.2 Å². The first-order chi connectivity index (χ1) is 17.6. The number of carbonyl (C=O) groups excluding carboxylic acids is 4. The van der Waals surface area contributed by atoms with Crippen molar-refractivity contribution < 1.29 is 48.0 Å². The number of Topliss-reactive ketones (excluding diaryl/α,β-unsaturated/α-hetero) is 1. The second-order valence-electron chi connectivity index (χ2n) is 11.7. The number of carboxylic acids is 1. The van der Waals surface area contributed by atoms with Crippen molar-refractivity contribution in [3.63, 3.8) is 0 Å². The summed E-state index contributed by atoms with van der Waals surface area (Å²) in [6.45, 7) is 5.57. The highest BCUT2D eigenvalue weighted by Crippen LogP contribution is 2.70. The topological polar surface area (TPSA) is 144 Å². The molecule has 0 spiro atoms. The summed E-state index contributed by atoms with van der Waals surface area (Å²) in [4.78, 5) is 60.7. The molecule has 0 aromatic rings. The van der Waals surface area contributed by atoms with Crippen LogP contribution in [0.15, 0.2) is 23.8 Å². The van der Waals surface area contributed by atoms with Crippen molar-refractivity contribution in [3.05, 3.63) is 23.8 Å². The molecular formula is C28H35FO9. The van der Waals surface area contributed by atoms with Gasteiger partial charge >= 0.3 is 17.9 Å². The van der Waals surface area contributed by atoms with E-state index in [1.54, 1.807) is 20.8 Å². The minimum absolute atomic E-state index is 0.0359. The third-order valence-corrected chi connectivity index (χ3v) is 9.81. The van der Waals surface area contributed by atoms with Crippen molar-refractivity contribution in [2.75, 3.05) is 6.61 Å². The third-order valence-electron chi connectivity index (χ3n) is 9.81. The average molecular weight is 535 g/mol. The van der Waals surface area contributed by atoms with E-state index >= 15 is 4.39 Å². The maximum atomic E-state index is 17.9. The van der Waals surface area contributed by atoms with Gasteiger partial charge in [-0.2, -0.15) is 0 Å². The molecule has 8 atom stereocenters. The number of ether oxygens (including phenoxy) is 2. The van der Waals surface area contributed by atoms with E-state index in [0.717, 1.165) is 6.92 Å². The Morgan fingerprint density at radius 3 is 2.47 bits per heavy atom. The highest BCUT2D eigenvalue weighted by Gasteiger charge is 2.76. The number of fused-ring (bicyclic) bond motifs is 5. The summed E-state index contributed by atoms with van der Waals surface area (Å²) in [6, 6.07) is 0. The van der Waals surface area contributed by atoms with Crippen molar-refractivity contribution in [2.45, 2.75) is 83.6 Å². The highest BCUT2D eigenvalue weighted by atomic mass is 19.1. The lowest BCUT2D eigenvalue weighted by molar-refractivity contribution is -0.226. The van der Waals surface area contributed by atoms with Gasteiger partial charge in [0.25, 0.3) is 0 Å². The zero-order chi connectivity index (χ0) is 28.3. The van der Waals surface area contributed by atoms with Crippen LogP contribution >= 0.6 is 0 Å². The Morgan fingerprint density at radius 1 is 1.16 bits per heavy atom. The molecule has 0 aliphatic heterocycles. The van der Waals surface area contributed by atoms with Crippen LogP contribution in [0.4, 0.5) is 4.39 Å². The second-order valence-corrected chi connectivity index (χ2v) is 11.7. The zero-order valence-electron chi connectivity index (χ0n) is 22.1. The molecule has 0 heterocycles. The van der Waals surface area contributed by atoms with Crippen LogP contribution < -0.4 is 0 Å². The maximum Gasteiger partial charge on any atom is 0.306 e. The van der Waals surface area contributed by atoms with Gasteiger partial charge in [0, 0.05) is 30.1 Å². The van der Waals surface area contributed by atoms with Gasteiger partial charge in [-0.1, -0.05) is 31.6 Å². The summed E-state index contributed by atoms with van der Waals surface area (Å²) in [6.07, 6.45) is 2.68. The van der Waals surface area contributed by atoms with Crippen LogP contribution in [-0.4, -0.2) is 63.7 Å². The lowest BCUT2D eigenvalue weighted by Crippen LogP contribution is -2.69. The Labute approximate surface area is 220 Å². The number of allylic oxidation sites excluding steroid dienone is 4. The van der Waals surface area contributed by atoms with Crippen molar-refractivity contribution in [3.8, 4) is 0 Å². The van der Waals surface area contributed by atoms with E-state index in [9.17, 15) is 29.1 Å². The molecule has 0 unspecified atom stereocenters. The average Bonchev–Trinajstić information content (AvgIpc) is 3.04. The van der Waals surface area contributed by atoms with E-state index in [4.69, 9.17) is 14.6 Å². The molecule has 4 aliphatic rings. The summed E-state index contributed by atoms with van der Waals surface area (Å²) in [5.41, 5.74) is -6.09. The Balaban J connectivity index is 1.81. The van der Waals surface area contributed by atoms with Crippen molar-refractivity contribution in [1.29, 1.82) is 0 Å². The van der Waals surface area contributed by atoms with E-state index in [0.29, 0.717) is 12.0 Å². The first-order valence-corrected chi connectivity index (χ1v) is 13.0. The number of halogens is 1. The molecule has 4 aliphatic carbocycles. The molecule has 9 nitrogen and oxygen atoms in total. The second kappa shape index (κ2) is 9.39. The molecule has 0 aromatic heterocycles. The Bertz CT molecular complexity index is 1140. The Hall–Kier alpha value is -2.88. The molecule has 4 rings (SSSR count). The maximum absolute atomic E-state index is 17.9. The van der Waals surface area contributed by atoms with Crippen LogP contribution in [0.3, 0.4) is 0 Å². The number of aliphatic hydroxyl groups is 1. The van der Waals surface area contributed by atoms with E-state index in [1.165, 1.54) is 12.2 Å². The predicted molar refractivity (Wildman–Crippen MR) is 130 cm³/mol. The lowest BCUT2D eigenvalue weighted by atomic mass is 9.45.